The molecule has 3 nitrogen and oxygen atoms in total. The summed E-state index contributed by atoms with van der Waals surface area (Å²) in [5, 5.41) is 11.1. The van der Waals surface area contributed by atoms with E-state index >= 15 is 0 Å². The van der Waals surface area contributed by atoms with Crippen molar-refractivity contribution in [3.05, 3.63) is 51.7 Å². The second-order valence-corrected chi connectivity index (χ2v) is 3.95. The van der Waals surface area contributed by atoms with Crippen molar-refractivity contribution >= 4 is 17.3 Å². The number of carbonyl (C=O) groups is 1. The first-order chi connectivity index (χ1) is 8.18. The Hall–Kier alpha value is -2.19. The monoisotopic (exact) mass is 247 g/mol. The van der Waals surface area contributed by atoms with Gasteiger partial charge in [-0.2, -0.15) is 0 Å². The van der Waals surface area contributed by atoms with Gasteiger partial charge in [-0.1, -0.05) is 12.0 Å². The van der Waals surface area contributed by atoms with Crippen molar-refractivity contribution in [1.82, 2.24) is 4.98 Å². The summed E-state index contributed by atoms with van der Waals surface area (Å²) in [4.78, 5) is 14.6. The van der Waals surface area contributed by atoms with E-state index in [1.165, 1.54) is 29.5 Å². The fourth-order valence-electron chi connectivity index (χ4n) is 1.20. The molecule has 1 aromatic carbocycles. The number of carboxylic acid groups (broad SMARTS) is 1. The Morgan fingerprint density at radius 1 is 1.41 bits per heavy atom. The molecule has 0 radical (unpaired) electrons. The van der Waals surface area contributed by atoms with E-state index in [2.05, 4.69) is 16.8 Å². The molecule has 0 saturated carbocycles. The van der Waals surface area contributed by atoms with E-state index in [0.29, 0.717) is 5.01 Å². The zero-order chi connectivity index (χ0) is 12.3. The zero-order valence-corrected chi connectivity index (χ0v) is 9.29. The normalized spacial score (nSPS) is 9.47. The summed E-state index contributed by atoms with van der Waals surface area (Å²) >= 11 is 1.34. The van der Waals surface area contributed by atoms with Crippen LogP contribution in [0, 0.1) is 17.7 Å². The first-order valence-electron chi connectivity index (χ1n) is 4.62. The van der Waals surface area contributed by atoms with Crippen LogP contribution in [0.5, 0.6) is 0 Å². The van der Waals surface area contributed by atoms with E-state index < -0.39 is 11.8 Å². The van der Waals surface area contributed by atoms with Gasteiger partial charge in [-0.15, -0.1) is 11.3 Å². The molecule has 0 saturated heterocycles. The van der Waals surface area contributed by atoms with Crippen molar-refractivity contribution < 1.29 is 14.3 Å². The van der Waals surface area contributed by atoms with Gasteiger partial charge in [0.05, 0.1) is 11.1 Å². The second kappa shape index (κ2) is 4.76. The van der Waals surface area contributed by atoms with Crippen LogP contribution < -0.4 is 0 Å². The van der Waals surface area contributed by atoms with E-state index in [1.807, 2.05) is 0 Å². The summed E-state index contributed by atoms with van der Waals surface area (Å²) < 4.78 is 13.7. The minimum Gasteiger partial charge on any atom is -0.478 e. The number of thiazole rings is 1. The Morgan fingerprint density at radius 2 is 2.24 bits per heavy atom. The highest BCUT2D eigenvalue weighted by Gasteiger charge is 2.12. The predicted octanol–water partition coefficient (Wildman–Crippen LogP) is 2.38. The first-order valence-corrected chi connectivity index (χ1v) is 5.50. The van der Waals surface area contributed by atoms with E-state index in [1.54, 1.807) is 11.6 Å². The quantitative estimate of drug-likeness (QED) is 0.787. The highest BCUT2D eigenvalue weighted by atomic mass is 32.1. The van der Waals surface area contributed by atoms with Gasteiger partial charge in [0, 0.05) is 11.6 Å². The minimum atomic E-state index is -1.31. The van der Waals surface area contributed by atoms with Gasteiger partial charge in [-0.05, 0) is 18.1 Å². The van der Waals surface area contributed by atoms with Crippen LogP contribution in [0.2, 0.25) is 0 Å². The molecule has 84 valence electrons. The van der Waals surface area contributed by atoms with Crippen molar-refractivity contribution in [2.45, 2.75) is 0 Å². The molecule has 0 aliphatic heterocycles. The Kier molecular flexibility index (Phi) is 3.17. The molecule has 1 N–H and O–H groups in total. The van der Waals surface area contributed by atoms with Crippen LogP contribution >= 0.6 is 11.3 Å². The molecule has 0 fully saturated rings. The molecule has 0 bridgehead atoms. The molecule has 0 spiro atoms. The third-order valence-electron chi connectivity index (χ3n) is 1.97. The van der Waals surface area contributed by atoms with Gasteiger partial charge in [-0.25, -0.2) is 14.2 Å². The van der Waals surface area contributed by atoms with Crippen LogP contribution in [0.4, 0.5) is 4.39 Å². The van der Waals surface area contributed by atoms with Crippen LogP contribution in [0.15, 0.2) is 29.8 Å². The predicted molar refractivity (Wildman–Crippen MR) is 61.5 cm³/mol. The molecule has 2 rings (SSSR count). The highest BCUT2D eigenvalue weighted by Crippen LogP contribution is 2.12. The number of rotatable bonds is 1. The smallest absolute Gasteiger partial charge is 0.338 e. The lowest BCUT2D eigenvalue weighted by Crippen LogP contribution is -2.01. The van der Waals surface area contributed by atoms with Crippen molar-refractivity contribution in [1.29, 1.82) is 0 Å². The van der Waals surface area contributed by atoms with Crippen molar-refractivity contribution in [2.75, 3.05) is 0 Å². The molecule has 17 heavy (non-hydrogen) atoms. The largest absolute Gasteiger partial charge is 0.478 e. The molecular weight excluding hydrogens is 241 g/mol. The number of nitrogens with zero attached hydrogens (tertiary/aromatic N) is 1. The van der Waals surface area contributed by atoms with Gasteiger partial charge in [0.15, 0.2) is 10.8 Å². The molecule has 1 heterocycles. The Balaban J connectivity index is 2.40. The van der Waals surface area contributed by atoms with Crippen LogP contribution in [0.1, 0.15) is 20.9 Å². The summed E-state index contributed by atoms with van der Waals surface area (Å²) in [5.41, 5.74) is -0.323. The maximum atomic E-state index is 13.7. The lowest BCUT2D eigenvalue weighted by atomic mass is 10.1. The number of hydrogen-bond acceptors (Lipinski definition) is 3. The summed E-state index contributed by atoms with van der Waals surface area (Å²) in [5.74, 6) is 3.12. The Bertz CT molecular complexity index is 611. The summed E-state index contributed by atoms with van der Waals surface area (Å²) in [7, 11) is 0. The van der Waals surface area contributed by atoms with Crippen molar-refractivity contribution in [3.8, 4) is 11.8 Å². The minimum absolute atomic E-state index is 0.0556. The number of benzene rings is 1. The number of aromatic carboxylic acids is 1. The molecule has 2 aromatic rings. The van der Waals surface area contributed by atoms with E-state index in [9.17, 15) is 9.18 Å². The fraction of sp³-hybridized carbons (Fsp3) is 0. The van der Waals surface area contributed by atoms with E-state index in [0.717, 1.165) is 0 Å². The second-order valence-electron chi connectivity index (χ2n) is 3.06. The topological polar surface area (TPSA) is 50.2 Å². The highest BCUT2D eigenvalue weighted by molar-refractivity contribution is 7.10. The zero-order valence-electron chi connectivity index (χ0n) is 8.48. The molecule has 0 aliphatic carbocycles. The number of halogens is 1. The van der Waals surface area contributed by atoms with Gasteiger partial charge in [0.1, 0.15) is 0 Å². The summed E-state index contributed by atoms with van der Waals surface area (Å²) in [6.07, 6.45) is 1.60. The number of aromatic nitrogens is 1. The molecule has 0 aliphatic rings. The Labute approximate surface area is 101 Å². The van der Waals surface area contributed by atoms with Crippen LogP contribution in [-0.4, -0.2) is 16.1 Å². The van der Waals surface area contributed by atoms with Gasteiger partial charge in [0.2, 0.25) is 0 Å². The maximum Gasteiger partial charge on any atom is 0.338 e. The number of hydrogen-bond donors (Lipinski definition) is 1. The molecule has 0 amide bonds. The van der Waals surface area contributed by atoms with Crippen LogP contribution in [0.3, 0.4) is 0 Å². The fourth-order valence-corrected chi connectivity index (χ4v) is 1.68. The lowest BCUT2D eigenvalue weighted by molar-refractivity contribution is 0.0692. The van der Waals surface area contributed by atoms with E-state index in [-0.39, 0.29) is 11.1 Å². The van der Waals surface area contributed by atoms with Gasteiger partial charge >= 0.3 is 5.97 Å². The van der Waals surface area contributed by atoms with Gasteiger partial charge < -0.3 is 5.11 Å². The standard InChI is InChI=1S/C12H6FNO2S/c13-11-8(2-1-3-9(11)12(15)16)4-5-10-14-6-7-17-10/h1-3,6-7H,(H,15,16). The van der Waals surface area contributed by atoms with E-state index in [4.69, 9.17) is 5.11 Å². The number of carboxylic acids is 1. The maximum absolute atomic E-state index is 13.7. The summed E-state index contributed by atoms with van der Waals surface area (Å²) in [6, 6.07) is 4.09. The first kappa shape index (κ1) is 11.3. The molecule has 1 aromatic heterocycles. The SMILES string of the molecule is O=C(O)c1cccc(C#Cc2nccs2)c1F. The van der Waals surface area contributed by atoms with Crippen LogP contribution in [0.25, 0.3) is 0 Å². The van der Waals surface area contributed by atoms with Crippen molar-refractivity contribution in [2.24, 2.45) is 0 Å². The molecule has 5 heteroatoms. The Morgan fingerprint density at radius 3 is 2.88 bits per heavy atom. The van der Waals surface area contributed by atoms with Gasteiger partial charge in [-0.3, -0.25) is 0 Å². The van der Waals surface area contributed by atoms with Crippen LogP contribution in [-0.2, 0) is 0 Å². The van der Waals surface area contributed by atoms with Crippen molar-refractivity contribution in [3.63, 3.8) is 0 Å². The third-order valence-corrected chi connectivity index (χ3v) is 2.65. The molecule has 0 atom stereocenters. The summed E-state index contributed by atoms with van der Waals surface area (Å²) in [6.45, 7) is 0. The molecular formula is C12H6FNO2S. The third kappa shape index (κ3) is 2.49. The average Bonchev–Trinajstić information content (AvgIpc) is 2.80. The molecule has 0 unspecified atom stereocenters. The van der Waals surface area contributed by atoms with Gasteiger partial charge in [0.25, 0.3) is 0 Å². The average molecular weight is 247 g/mol. The lowest BCUT2D eigenvalue weighted by Gasteiger charge is -1.98.